The Morgan fingerprint density at radius 1 is 1.42 bits per heavy atom. The third-order valence-corrected chi connectivity index (χ3v) is 4.92. The van der Waals surface area contributed by atoms with E-state index in [9.17, 15) is 4.79 Å². The zero-order chi connectivity index (χ0) is 13.4. The molecule has 0 spiro atoms. The fourth-order valence-electron chi connectivity index (χ4n) is 2.80. The molecule has 0 atom stereocenters. The Balaban J connectivity index is 2.23. The number of hydrogen-bond acceptors (Lipinski definition) is 4. The highest BCUT2D eigenvalue weighted by Crippen LogP contribution is 2.34. The molecule has 3 rings (SSSR count). The Morgan fingerprint density at radius 2 is 2.26 bits per heavy atom. The topological polar surface area (TPSA) is 44.1 Å². The quantitative estimate of drug-likeness (QED) is 0.861. The van der Waals surface area contributed by atoms with Gasteiger partial charge in [-0.25, -0.2) is 4.98 Å². The summed E-state index contributed by atoms with van der Waals surface area (Å²) in [7, 11) is 1.66. The van der Waals surface area contributed by atoms with Gasteiger partial charge in [0.2, 0.25) is 0 Å². The summed E-state index contributed by atoms with van der Waals surface area (Å²) >= 11 is 1.71. The van der Waals surface area contributed by atoms with Crippen LogP contribution in [0.25, 0.3) is 10.2 Å². The smallest absolute Gasteiger partial charge is 0.262 e. The minimum atomic E-state index is 0.123. The molecule has 0 saturated heterocycles. The van der Waals surface area contributed by atoms with Crippen molar-refractivity contribution < 1.29 is 4.74 Å². The van der Waals surface area contributed by atoms with Crippen LogP contribution in [0.15, 0.2) is 4.79 Å². The average molecular weight is 278 g/mol. The molecule has 2 aromatic heterocycles. The summed E-state index contributed by atoms with van der Waals surface area (Å²) in [6, 6.07) is 0. The van der Waals surface area contributed by atoms with Gasteiger partial charge in [0.05, 0.1) is 18.5 Å². The maximum Gasteiger partial charge on any atom is 0.262 e. The largest absolute Gasteiger partial charge is 0.383 e. The molecule has 102 valence electrons. The second-order valence-corrected chi connectivity index (χ2v) is 5.95. The monoisotopic (exact) mass is 278 g/mol. The third-order valence-electron chi connectivity index (χ3n) is 3.74. The molecule has 0 unspecified atom stereocenters. The maximum atomic E-state index is 12.7. The molecule has 5 heteroatoms. The van der Waals surface area contributed by atoms with Crippen LogP contribution in [0.4, 0.5) is 0 Å². The summed E-state index contributed by atoms with van der Waals surface area (Å²) in [4.78, 5) is 19.7. The number of aryl methyl sites for hydroxylation is 3. The Labute approximate surface area is 116 Å². The van der Waals surface area contributed by atoms with Gasteiger partial charge in [-0.2, -0.15) is 0 Å². The maximum absolute atomic E-state index is 12.7. The van der Waals surface area contributed by atoms with E-state index in [0.29, 0.717) is 13.2 Å². The standard InChI is InChI=1S/C14H18N2O2S/c1-3-11-15-13-12(9-5-4-6-10(9)19-13)14(17)16(11)7-8-18-2/h3-8H2,1-2H3. The summed E-state index contributed by atoms with van der Waals surface area (Å²) < 4.78 is 6.89. The van der Waals surface area contributed by atoms with E-state index in [1.54, 1.807) is 23.0 Å². The highest BCUT2D eigenvalue weighted by atomic mass is 32.1. The van der Waals surface area contributed by atoms with Crippen molar-refractivity contribution in [3.8, 4) is 0 Å². The van der Waals surface area contributed by atoms with Gasteiger partial charge in [-0.3, -0.25) is 9.36 Å². The molecule has 0 fully saturated rings. The molecular formula is C14H18N2O2S. The first kappa shape index (κ1) is 12.8. The fourth-order valence-corrected chi connectivity index (χ4v) is 4.07. The Morgan fingerprint density at radius 3 is 3.00 bits per heavy atom. The minimum absolute atomic E-state index is 0.123. The second kappa shape index (κ2) is 5.06. The summed E-state index contributed by atoms with van der Waals surface area (Å²) in [5.74, 6) is 0.870. The summed E-state index contributed by atoms with van der Waals surface area (Å²) in [6.07, 6.45) is 4.08. The molecule has 0 aliphatic heterocycles. The minimum Gasteiger partial charge on any atom is -0.383 e. The molecule has 2 heterocycles. The van der Waals surface area contributed by atoms with Crippen molar-refractivity contribution in [1.82, 2.24) is 9.55 Å². The van der Waals surface area contributed by atoms with Gasteiger partial charge in [0.1, 0.15) is 10.7 Å². The number of aromatic nitrogens is 2. The van der Waals surface area contributed by atoms with Crippen molar-refractivity contribution in [1.29, 1.82) is 0 Å². The predicted molar refractivity (Wildman–Crippen MR) is 77.2 cm³/mol. The Hall–Kier alpha value is -1.20. The third kappa shape index (κ3) is 2.01. The number of thiophene rings is 1. The second-order valence-electron chi connectivity index (χ2n) is 4.87. The van der Waals surface area contributed by atoms with E-state index < -0.39 is 0 Å². The Kier molecular flexibility index (Phi) is 3.41. The highest BCUT2D eigenvalue weighted by molar-refractivity contribution is 7.18. The molecule has 0 aromatic carbocycles. The number of ether oxygens (including phenoxy) is 1. The van der Waals surface area contributed by atoms with E-state index in [2.05, 4.69) is 0 Å². The molecule has 2 aromatic rings. The van der Waals surface area contributed by atoms with Crippen LogP contribution in [0.1, 0.15) is 29.6 Å². The zero-order valence-corrected chi connectivity index (χ0v) is 12.2. The van der Waals surface area contributed by atoms with E-state index >= 15 is 0 Å². The first-order valence-electron chi connectivity index (χ1n) is 6.79. The molecular weight excluding hydrogens is 260 g/mol. The van der Waals surface area contributed by atoms with Gasteiger partial charge >= 0.3 is 0 Å². The molecule has 1 aliphatic carbocycles. The number of rotatable bonds is 4. The van der Waals surface area contributed by atoms with Crippen molar-refractivity contribution in [3.05, 3.63) is 26.6 Å². The number of hydrogen-bond donors (Lipinski definition) is 0. The fraction of sp³-hybridized carbons (Fsp3) is 0.571. The first-order chi connectivity index (χ1) is 9.26. The zero-order valence-electron chi connectivity index (χ0n) is 11.4. The average Bonchev–Trinajstić information content (AvgIpc) is 2.97. The van der Waals surface area contributed by atoms with Gasteiger partial charge < -0.3 is 4.74 Å². The number of fused-ring (bicyclic) bond motifs is 3. The number of methoxy groups -OCH3 is 1. The van der Waals surface area contributed by atoms with E-state index in [-0.39, 0.29) is 5.56 Å². The predicted octanol–water partition coefficient (Wildman–Crippen LogP) is 2.16. The van der Waals surface area contributed by atoms with Crippen molar-refractivity contribution in [2.45, 2.75) is 39.2 Å². The van der Waals surface area contributed by atoms with Gasteiger partial charge in [0.25, 0.3) is 5.56 Å². The van der Waals surface area contributed by atoms with Gasteiger partial charge in [-0.1, -0.05) is 6.92 Å². The molecule has 0 N–H and O–H groups in total. The molecule has 0 saturated carbocycles. The lowest BCUT2D eigenvalue weighted by Crippen LogP contribution is -2.26. The van der Waals surface area contributed by atoms with Crippen LogP contribution in [0.2, 0.25) is 0 Å². The molecule has 0 bridgehead atoms. The molecule has 0 radical (unpaired) electrons. The normalized spacial score (nSPS) is 14.2. The van der Waals surface area contributed by atoms with Crippen LogP contribution in [-0.4, -0.2) is 23.3 Å². The van der Waals surface area contributed by atoms with Gasteiger partial charge in [-0.05, 0) is 24.8 Å². The van der Waals surface area contributed by atoms with Crippen LogP contribution in [0.5, 0.6) is 0 Å². The SMILES string of the molecule is CCc1nc2sc3c(c2c(=O)n1CCOC)CCC3. The summed E-state index contributed by atoms with van der Waals surface area (Å²) in [5, 5.41) is 0.866. The van der Waals surface area contributed by atoms with Crippen molar-refractivity contribution in [2.24, 2.45) is 0 Å². The van der Waals surface area contributed by atoms with Crippen molar-refractivity contribution in [3.63, 3.8) is 0 Å². The van der Waals surface area contributed by atoms with E-state index in [1.165, 1.54) is 16.9 Å². The van der Waals surface area contributed by atoms with Gasteiger partial charge in [-0.15, -0.1) is 11.3 Å². The van der Waals surface area contributed by atoms with Crippen molar-refractivity contribution >= 4 is 21.6 Å². The van der Waals surface area contributed by atoms with Crippen LogP contribution in [-0.2, 0) is 30.5 Å². The number of nitrogens with zero attached hydrogens (tertiary/aromatic N) is 2. The molecule has 1 aliphatic rings. The molecule has 4 nitrogen and oxygen atoms in total. The van der Waals surface area contributed by atoms with Gasteiger partial charge in [0, 0.05) is 18.4 Å². The van der Waals surface area contributed by atoms with E-state index in [0.717, 1.165) is 35.3 Å². The summed E-state index contributed by atoms with van der Waals surface area (Å²) in [6.45, 7) is 3.18. The van der Waals surface area contributed by atoms with Gasteiger partial charge in [0.15, 0.2) is 0 Å². The van der Waals surface area contributed by atoms with E-state index in [1.807, 2.05) is 6.92 Å². The highest BCUT2D eigenvalue weighted by Gasteiger charge is 2.22. The first-order valence-corrected chi connectivity index (χ1v) is 7.60. The van der Waals surface area contributed by atoms with Crippen molar-refractivity contribution in [2.75, 3.05) is 13.7 Å². The lowest BCUT2D eigenvalue weighted by Gasteiger charge is -2.10. The van der Waals surface area contributed by atoms with E-state index in [4.69, 9.17) is 9.72 Å². The van der Waals surface area contributed by atoms with Crippen LogP contribution in [0, 0.1) is 0 Å². The lowest BCUT2D eigenvalue weighted by atomic mass is 10.2. The van der Waals surface area contributed by atoms with Crippen LogP contribution in [0.3, 0.4) is 0 Å². The lowest BCUT2D eigenvalue weighted by molar-refractivity contribution is 0.185. The molecule has 19 heavy (non-hydrogen) atoms. The Bertz CT molecular complexity index is 672. The summed E-state index contributed by atoms with van der Waals surface area (Å²) in [5.41, 5.74) is 1.38. The van der Waals surface area contributed by atoms with Crippen LogP contribution < -0.4 is 5.56 Å². The van der Waals surface area contributed by atoms with Crippen LogP contribution >= 0.6 is 11.3 Å². The molecule has 0 amide bonds.